The van der Waals surface area contributed by atoms with Crippen LogP contribution in [0.25, 0.3) is 16.9 Å². The first-order chi connectivity index (χ1) is 14.3. The maximum Gasteiger partial charge on any atom is 0.0981 e. The van der Waals surface area contributed by atoms with Crippen molar-refractivity contribution in [2.75, 3.05) is 0 Å². The van der Waals surface area contributed by atoms with Crippen molar-refractivity contribution in [2.24, 2.45) is 5.10 Å². The fraction of sp³-hybridized carbons (Fsp3) is 0.0833. The minimum Gasteiger partial charge on any atom is -0.302 e. The predicted molar refractivity (Wildman–Crippen MR) is 120 cm³/mol. The van der Waals surface area contributed by atoms with Crippen LogP contribution >= 0.6 is 15.9 Å². The fourth-order valence-electron chi connectivity index (χ4n) is 3.62. The summed E-state index contributed by atoms with van der Waals surface area (Å²) in [6.45, 7) is 0. The van der Waals surface area contributed by atoms with E-state index >= 15 is 0 Å². The summed E-state index contributed by atoms with van der Waals surface area (Å²) in [7, 11) is 0. The highest BCUT2D eigenvalue weighted by Gasteiger charge is 2.26. The molecule has 0 spiro atoms. The Balaban J connectivity index is 1.51. The lowest BCUT2D eigenvalue weighted by Gasteiger charge is -2.10. The van der Waals surface area contributed by atoms with Crippen LogP contribution in [0.2, 0.25) is 0 Å². The third kappa shape index (κ3) is 3.61. The predicted octanol–water partition coefficient (Wildman–Crippen LogP) is 5.74. The number of hydrazone groups is 1. The Labute approximate surface area is 178 Å². The number of hydrogen-bond acceptors (Lipinski definition) is 3. The molecule has 0 saturated heterocycles. The van der Waals surface area contributed by atoms with E-state index in [4.69, 9.17) is 5.10 Å². The van der Waals surface area contributed by atoms with Crippen LogP contribution in [-0.2, 0) is 0 Å². The molecule has 0 fully saturated rings. The van der Waals surface area contributed by atoms with Crippen LogP contribution in [0.3, 0.4) is 0 Å². The van der Waals surface area contributed by atoms with E-state index in [1.165, 1.54) is 0 Å². The monoisotopic (exact) mass is 442 g/mol. The van der Waals surface area contributed by atoms with Crippen molar-refractivity contribution < 1.29 is 0 Å². The molecule has 1 unspecified atom stereocenters. The number of benzene rings is 3. The summed E-state index contributed by atoms with van der Waals surface area (Å²) in [5.74, 6) is 0. The number of aromatic nitrogens is 2. The van der Waals surface area contributed by atoms with Gasteiger partial charge in [-0.3, -0.25) is 0 Å². The Kier molecular flexibility index (Phi) is 4.74. The van der Waals surface area contributed by atoms with Gasteiger partial charge in [-0.15, -0.1) is 0 Å². The molecule has 142 valence electrons. The van der Waals surface area contributed by atoms with Crippen molar-refractivity contribution in [3.63, 3.8) is 0 Å². The number of nitrogens with zero attached hydrogens (tertiary/aromatic N) is 3. The average Bonchev–Trinajstić information content (AvgIpc) is 3.43. The molecular weight excluding hydrogens is 424 g/mol. The van der Waals surface area contributed by atoms with Crippen LogP contribution in [0.5, 0.6) is 0 Å². The minimum atomic E-state index is 0.0846. The topological polar surface area (TPSA) is 42.2 Å². The fourth-order valence-corrected chi connectivity index (χ4v) is 3.88. The molecule has 0 bridgehead atoms. The smallest absolute Gasteiger partial charge is 0.0981 e. The maximum atomic E-state index is 4.92. The zero-order chi connectivity index (χ0) is 19.6. The zero-order valence-electron chi connectivity index (χ0n) is 15.7. The van der Waals surface area contributed by atoms with Gasteiger partial charge in [-0.25, -0.2) is 4.68 Å². The molecule has 4 aromatic rings. The minimum absolute atomic E-state index is 0.0846. The van der Waals surface area contributed by atoms with Gasteiger partial charge in [-0.05, 0) is 29.8 Å². The first-order valence-electron chi connectivity index (χ1n) is 9.56. The lowest BCUT2D eigenvalue weighted by molar-refractivity contribution is 0.621. The summed E-state index contributed by atoms with van der Waals surface area (Å²) in [6.07, 6.45) is 2.94. The molecule has 4 nitrogen and oxygen atoms in total. The first-order valence-corrected chi connectivity index (χ1v) is 10.4. The molecular formula is C24H19BrN4. The van der Waals surface area contributed by atoms with Gasteiger partial charge >= 0.3 is 0 Å². The lowest BCUT2D eigenvalue weighted by Crippen LogP contribution is -2.10. The molecule has 1 aromatic heterocycles. The van der Waals surface area contributed by atoms with Crippen molar-refractivity contribution in [3.8, 4) is 16.9 Å². The molecule has 0 radical (unpaired) electrons. The maximum absolute atomic E-state index is 4.92. The highest BCUT2D eigenvalue weighted by atomic mass is 79.9. The van der Waals surface area contributed by atoms with Gasteiger partial charge in [0.05, 0.1) is 23.1 Å². The number of halogens is 1. The molecule has 1 N–H and O–H groups in total. The van der Waals surface area contributed by atoms with Gasteiger partial charge in [0, 0.05) is 28.2 Å². The second kappa shape index (κ2) is 7.68. The third-order valence-electron chi connectivity index (χ3n) is 5.12. The molecule has 1 aliphatic rings. The molecule has 0 amide bonds. The largest absolute Gasteiger partial charge is 0.302 e. The van der Waals surface area contributed by atoms with Crippen molar-refractivity contribution >= 4 is 21.6 Å². The molecule has 0 aliphatic carbocycles. The zero-order valence-corrected chi connectivity index (χ0v) is 17.3. The van der Waals surface area contributed by atoms with E-state index in [9.17, 15) is 0 Å². The average molecular weight is 443 g/mol. The number of rotatable bonds is 4. The standard InChI is InChI=1S/C24H19BrN4/c25-19-13-11-17(12-14-19)22-15-23(27-26-22)21-16-29(20-9-5-2-6-10-20)28-24(21)18-7-3-1-4-8-18/h1-14,16,23,27H,15H2. The molecule has 0 saturated carbocycles. The van der Waals surface area contributed by atoms with E-state index in [-0.39, 0.29) is 6.04 Å². The van der Waals surface area contributed by atoms with E-state index in [0.29, 0.717) is 0 Å². The molecule has 1 aliphatic heterocycles. The van der Waals surface area contributed by atoms with Crippen molar-refractivity contribution in [1.82, 2.24) is 15.2 Å². The Morgan fingerprint density at radius 1 is 0.828 bits per heavy atom. The summed E-state index contributed by atoms with van der Waals surface area (Å²) in [4.78, 5) is 0. The van der Waals surface area contributed by atoms with E-state index < -0.39 is 0 Å². The van der Waals surface area contributed by atoms with Crippen molar-refractivity contribution in [1.29, 1.82) is 0 Å². The first kappa shape index (κ1) is 17.9. The molecule has 29 heavy (non-hydrogen) atoms. The summed E-state index contributed by atoms with van der Waals surface area (Å²) >= 11 is 3.50. The Morgan fingerprint density at radius 3 is 2.24 bits per heavy atom. The third-order valence-corrected chi connectivity index (χ3v) is 5.64. The van der Waals surface area contributed by atoms with Crippen LogP contribution in [0.15, 0.2) is 101 Å². The molecule has 5 heteroatoms. The van der Waals surface area contributed by atoms with Gasteiger partial charge in [0.25, 0.3) is 0 Å². The Bertz CT molecular complexity index is 1150. The van der Waals surface area contributed by atoms with E-state index in [0.717, 1.165) is 44.7 Å². The summed E-state index contributed by atoms with van der Waals surface area (Å²) in [5, 5.41) is 9.55. The van der Waals surface area contributed by atoms with E-state index in [2.05, 4.69) is 69.1 Å². The highest BCUT2D eigenvalue weighted by Crippen LogP contribution is 2.33. The van der Waals surface area contributed by atoms with Gasteiger partial charge < -0.3 is 5.43 Å². The van der Waals surface area contributed by atoms with Gasteiger partial charge in [0.1, 0.15) is 0 Å². The van der Waals surface area contributed by atoms with E-state index in [1.807, 2.05) is 53.2 Å². The highest BCUT2D eigenvalue weighted by molar-refractivity contribution is 9.10. The van der Waals surface area contributed by atoms with Gasteiger partial charge in [-0.1, -0.05) is 76.6 Å². The van der Waals surface area contributed by atoms with Crippen LogP contribution in [0.1, 0.15) is 23.6 Å². The lowest BCUT2D eigenvalue weighted by atomic mass is 9.97. The second-order valence-corrected chi connectivity index (χ2v) is 7.95. The normalized spacial score (nSPS) is 15.8. The van der Waals surface area contributed by atoms with Crippen LogP contribution in [0, 0.1) is 0 Å². The number of hydrogen-bond donors (Lipinski definition) is 1. The van der Waals surface area contributed by atoms with Gasteiger partial charge in [-0.2, -0.15) is 10.2 Å². The summed E-state index contributed by atoms with van der Waals surface area (Å²) in [5.41, 5.74) is 9.82. The molecule has 1 atom stereocenters. The molecule has 3 aromatic carbocycles. The molecule has 2 heterocycles. The Morgan fingerprint density at radius 2 is 1.52 bits per heavy atom. The number of para-hydroxylation sites is 1. The van der Waals surface area contributed by atoms with Crippen LogP contribution in [-0.4, -0.2) is 15.5 Å². The SMILES string of the molecule is Brc1ccc(C2=NNC(c3cn(-c4ccccc4)nc3-c3ccccc3)C2)cc1. The van der Waals surface area contributed by atoms with Crippen molar-refractivity contribution in [3.05, 3.63) is 107 Å². The molecule has 5 rings (SSSR count). The second-order valence-electron chi connectivity index (χ2n) is 7.03. The summed E-state index contributed by atoms with van der Waals surface area (Å²) < 4.78 is 3.02. The van der Waals surface area contributed by atoms with Crippen molar-refractivity contribution in [2.45, 2.75) is 12.5 Å². The van der Waals surface area contributed by atoms with Crippen LogP contribution < -0.4 is 5.43 Å². The summed E-state index contributed by atoms with van der Waals surface area (Å²) in [6, 6.07) is 28.9. The van der Waals surface area contributed by atoms with Crippen LogP contribution in [0.4, 0.5) is 0 Å². The van der Waals surface area contributed by atoms with E-state index in [1.54, 1.807) is 0 Å². The quantitative estimate of drug-likeness (QED) is 0.437. The number of nitrogens with one attached hydrogen (secondary N) is 1. The van der Waals surface area contributed by atoms with Gasteiger partial charge in [0.2, 0.25) is 0 Å². The van der Waals surface area contributed by atoms with Gasteiger partial charge in [0.15, 0.2) is 0 Å². The Hall–Kier alpha value is -3.18.